The van der Waals surface area contributed by atoms with Gasteiger partial charge in [-0.2, -0.15) is 0 Å². The molecule has 10 atom stereocenters. The number of esters is 1. The van der Waals surface area contributed by atoms with Crippen LogP contribution >= 0.6 is 0 Å². The smallest absolute Gasteiger partial charge is 0.333 e. The molecule has 0 aliphatic carbocycles. The number of rotatable bonds is 7. The van der Waals surface area contributed by atoms with Gasteiger partial charge < -0.3 is 50.9 Å². The number of aromatic hydroxyl groups is 1. The van der Waals surface area contributed by atoms with Crippen LogP contribution in [0, 0.1) is 17.8 Å². The molecule has 2 fully saturated rings. The van der Waals surface area contributed by atoms with Gasteiger partial charge >= 0.3 is 5.97 Å². The predicted molar refractivity (Wildman–Crippen MR) is 223 cm³/mol. The molecule has 1 aromatic carbocycles. The number of nitrogens with zero attached hydrogens (tertiary/aromatic N) is 4. The minimum atomic E-state index is -1.74. The molecule has 4 rings (SSSR count). The zero-order valence-corrected chi connectivity index (χ0v) is 36.7. The number of nitrogens with one attached hydrogen (secondary N) is 4. The van der Waals surface area contributed by atoms with Gasteiger partial charge in [-0.3, -0.25) is 33.6 Å². The van der Waals surface area contributed by atoms with Crippen LogP contribution in [-0.2, 0) is 38.3 Å². The van der Waals surface area contributed by atoms with Gasteiger partial charge in [0.2, 0.25) is 35.4 Å². The van der Waals surface area contributed by atoms with Crippen molar-refractivity contribution in [3.8, 4) is 5.75 Å². The van der Waals surface area contributed by atoms with E-state index in [1.165, 1.54) is 46.3 Å². The highest BCUT2D eigenvalue weighted by molar-refractivity contribution is 6.00. The third-order valence-corrected chi connectivity index (χ3v) is 11.7. The van der Waals surface area contributed by atoms with Gasteiger partial charge in [-0.1, -0.05) is 71.4 Å². The Balaban J connectivity index is 1.85. The number of hydrogen-bond donors (Lipinski definition) is 6. The fourth-order valence-electron chi connectivity index (χ4n) is 7.43. The summed E-state index contributed by atoms with van der Waals surface area (Å²) in [5.41, 5.74) is -0.149. The third kappa shape index (κ3) is 11.4. The first-order chi connectivity index (χ1) is 29.2. The van der Waals surface area contributed by atoms with Gasteiger partial charge in [-0.25, -0.2) is 9.78 Å². The van der Waals surface area contributed by atoms with Crippen molar-refractivity contribution in [1.29, 1.82) is 0 Å². The molecule has 2 aromatic rings. The molecule has 0 unspecified atom stereocenters. The van der Waals surface area contributed by atoms with E-state index >= 15 is 0 Å². The number of aliphatic hydroxyl groups excluding tert-OH is 1. The number of cyclic esters (lactones) is 1. The first-order valence-electron chi connectivity index (χ1n) is 20.8. The molecule has 3 heterocycles. The van der Waals surface area contributed by atoms with Crippen molar-refractivity contribution in [3.05, 3.63) is 59.9 Å². The van der Waals surface area contributed by atoms with Crippen LogP contribution in [0.15, 0.2) is 48.7 Å². The van der Waals surface area contributed by atoms with E-state index in [0.29, 0.717) is 12.0 Å². The highest BCUT2D eigenvalue weighted by Crippen LogP contribution is 2.26. The molecule has 0 saturated carbocycles. The minimum absolute atomic E-state index is 0.126. The van der Waals surface area contributed by atoms with Crippen LogP contribution in [0.25, 0.3) is 0 Å². The summed E-state index contributed by atoms with van der Waals surface area (Å²) in [5, 5.41) is 31.7. The quantitative estimate of drug-likeness (QED) is 0.205. The van der Waals surface area contributed by atoms with Crippen LogP contribution in [0.2, 0.25) is 0 Å². The van der Waals surface area contributed by atoms with E-state index in [0.717, 1.165) is 14.7 Å². The SMILES string of the molecule is CC[C@H](C)[C@H]1NC(=O)[C@H](NC(=O)c2ncccc2O)[C@H](C)OC(=O)[C@H](c2ccccc2)N(C)C(=O)[C@H](C)NC(=O)[C@H]([C@H](C)C(C)C)NC(=O)CN(C)C(=O)[C@H]2C[C@@H](O)CN2C1=O. The normalized spacial score (nSPS) is 27.5. The standard InChI is InChI=1S/C43H60N8O11/c1-10-23(4)32-42(60)51-20-28(52)19-29(51)41(59)49(8)21-31(54)46-33(24(5)22(2)3)37(55)45-25(6)40(58)50(9)36(27-15-12-11-13-16-27)43(61)62-26(7)34(38(56)47-32)48-39(57)35-30(53)17-14-18-44-35/h11-18,22-26,28-29,32-34,36,52-53H,10,19-21H2,1-9H3,(H,45,55)(H,46,54)(H,47,56)(H,48,57)/t23-,24+,25-,26-,28+,29+,32+,33-,34+,36-/m0/s1. The number of likely N-dealkylation sites (N-methyl/N-ethyl adjacent to an activating group) is 2. The van der Waals surface area contributed by atoms with Crippen LogP contribution in [-0.4, -0.2) is 147 Å². The lowest BCUT2D eigenvalue weighted by Gasteiger charge is -2.35. The summed E-state index contributed by atoms with van der Waals surface area (Å²) in [5.74, 6) is -8.28. The van der Waals surface area contributed by atoms with E-state index < -0.39 is 126 Å². The Morgan fingerprint density at radius 3 is 2.16 bits per heavy atom. The van der Waals surface area contributed by atoms with Gasteiger partial charge in [0.1, 0.15) is 42.1 Å². The molecule has 19 nitrogen and oxygen atoms in total. The number of fused-ring (bicyclic) bond motifs is 1. The molecule has 1 aromatic heterocycles. The Labute approximate surface area is 361 Å². The number of aliphatic hydroxyl groups is 1. The van der Waals surface area contributed by atoms with Gasteiger partial charge in [-0.05, 0) is 49.3 Å². The maximum Gasteiger partial charge on any atom is 0.333 e. The molecule has 6 N–H and O–H groups in total. The molecule has 19 heteroatoms. The molecular weight excluding hydrogens is 805 g/mol. The number of ether oxygens (including phenoxy) is 1. The van der Waals surface area contributed by atoms with Crippen LogP contribution in [0.5, 0.6) is 5.75 Å². The monoisotopic (exact) mass is 864 g/mol. The average Bonchev–Trinajstić information content (AvgIpc) is 3.63. The Hall–Kier alpha value is -6.11. The molecule has 2 saturated heterocycles. The van der Waals surface area contributed by atoms with Crippen LogP contribution in [0.3, 0.4) is 0 Å². The summed E-state index contributed by atoms with van der Waals surface area (Å²) < 4.78 is 5.90. The zero-order valence-electron chi connectivity index (χ0n) is 36.7. The van der Waals surface area contributed by atoms with Gasteiger partial charge in [0.15, 0.2) is 11.7 Å². The van der Waals surface area contributed by atoms with Crippen molar-refractivity contribution in [2.24, 2.45) is 17.8 Å². The van der Waals surface area contributed by atoms with Crippen molar-refractivity contribution >= 4 is 47.3 Å². The summed E-state index contributed by atoms with van der Waals surface area (Å²) in [6.45, 7) is 10.8. The fraction of sp³-hybridized carbons (Fsp3) is 0.558. The largest absolute Gasteiger partial charge is 0.505 e. The van der Waals surface area contributed by atoms with Crippen LogP contribution in [0.1, 0.15) is 83.4 Å². The van der Waals surface area contributed by atoms with Crippen LogP contribution in [0.4, 0.5) is 0 Å². The number of pyridine rings is 1. The van der Waals surface area contributed by atoms with Crippen molar-refractivity contribution in [2.75, 3.05) is 27.2 Å². The molecule has 7 amide bonds. The number of amides is 7. The number of carbonyl (C=O) groups is 8. The Kier molecular flexibility index (Phi) is 16.5. The fourth-order valence-corrected chi connectivity index (χ4v) is 7.43. The summed E-state index contributed by atoms with van der Waals surface area (Å²) >= 11 is 0. The van der Waals surface area contributed by atoms with Crippen LogP contribution < -0.4 is 21.3 Å². The Morgan fingerprint density at radius 2 is 1.55 bits per heavy atom. The third-order valence-electron chi connectivity index (χ3n) is 11.7. The van der Waals surface area contributed by atoms with Crippen molar-refractivity contribution in [2.45, 2.75) is 110 Å². The van der Waals surface area contributed by atoms with E-state index in [9.17, 15) is 48.6 Å². The van der Waals surface area contributed by atoms with Gasteiger partial charge in [0.25, 0.3) is 5.91 Å². The number of aromatic nitrogens is 1. The Morgan fingerprint density at radius 1 is 0.887 bits per heavy atom. The second-order valence-electron chi connectivity index (χ2n) is 16.6. The van der Waals surface area contributed by atoms with Gasteiger partial charge in [-0.15, -0.1) is 0 Å². The highest BCUT2D eigenvalue weighted by atomic mass is 16.5. The lowest BCUT2D eigenvalue weighted by Crippen LogP contribution is -2.61. The molecular formula is C43H60N8O11. The molecule has 2 aliphatic heterocycles. The average molecular weight is 865 g/mol. The van der Waals surface area contributed by atoms with Gasteiger partial charge in [0, 0.05) is 33.3 Å². The maximum atomic E-state index is 14.5. The van der Waals surface area contributed by atoms with E-state index in [-0.39, 0.29) is 18.9 Å². The lowest BCUT2D eigenvalue weighted by atomic mass is 9.89. The lowest BCUT2D eigenvalue weighted by molar-refractivity contribution is -0.161. The highest BCUT2D eigenvalue weighted by Gasteiger charge is 2.45. The first-order valence-corrected chi connectivity index (χ1v) is 20.8. The van der Waals surface area contributed by atoms with Gasteiger partial charge in [0.05, 0.1) is 12.6 Å². The molecule has 0 spiro atoms. The van der Waals surface area contributed by atoms with Crippen molar-refractivity contribution in [3.63, 3.8) is 0 Å². The van der Waals surface area contributed by atoms with E-state index in [2.05, 4.69) is 26.3 Å². The summed E-state index contributed by atoms with van der Waals surface area (Å²) in [6.07, 6.45) is -1.22. The van der Waals surface area contributed by atoms with E-state index in [1.807, 2.05) is 13.8 Å². The summed E-state index contributed by atoms with van der Waals surface area (Å²) in [6, 6.07) is 2.51. The second-order valence-corrected chi connectivity index (χ2v) is 16.6. The molecule has 0 radical (unpaired) electrons. The molecule has 0 bridgehead atoms. The van der Waals surface area contributed by atoms with Crippen molar-refractivity contribution in [1.82, 2.24) is 41.0 Å². The number of benzene rings is 1. The number of carbonyl (C=O) groups excluding carboxylic acids is 8. The minimum Gasteiger partial charge on any atom is -0.505 e. The molecule has 62 heavy (non-hydrogen) atoms. The number of hydrogen-bond acceptors (Lipinski definition) is 12. The zero-order chi connectivity index (χ0) is 46.2. The molecule has 2 aliphatic rings. The van der Waals surface area contributed by atoms with E-state index in [1.54, 1.807) is 51.1 Å². The summed E-state index contributed by atoms with van der Waals surface area (Å²) in [4.78, 5) is 120. The van der Waals surface area contributed by atoms with E-state index in [4.69, 9.17) is 4.74 Å². The predicted octanol–water partition coefficient (Wildman–Crippen LogP) is 0.263. The topological polar surface area (TPSA) is 257 Å². The maximum absolute atomic E-state index is 14.5. The molecule has 338 valence electrons. The Bertz CT molecular complexity index is 1980. The van der Waals surface area contributed by atoms with Crippen molar-refractivity contribution < 1.29 is 53.3 Å². The first kappa shape index (κ1) is 48.6. The second kappa shape index (κ2) is 21.1. The summed E-state index contributed by atoms with van der Waals surface area (Å²) in [7, 11) is 2.67.